The maximum atomic E-state index is 5.53. The molecule has 1 saturated heterocycles. The largest absolute Gasteiger partial charge is 0.350 e. The Morgan fingerprint density at radius 2 is 1.83 bits per heavy atom. The van der Waals surface area contributed by atoms with Gasteiger partial charge in [0, 0.05) is 11.6 Å². The number of hydrogen-bond donors (Lipinski definition) is 0. The molecule has 0 spiro atoms. The fourth-order valence-corrected chi connectivity index (χ4v) is 2.34. The number of allylic oxidation sites excluding steroid dienone is 1. The van der Waals surface area contributed by atoms with E-state index in [4.69, 9.17) is 9.47 Å². The van der Waals surface area contributed by atoms with Crippen LogP contribution in [0.5, 0.6) is 0 Å². The monoisotopic (exact) mass is 243 g/mol. The van der Waals surface area contributed by atoms with Gasteiger partial charge in [-0.1, -0.05) is 24.3 Å². The van der Waals surface area contributed by atoms with Crippen LogP contribution in [0.15, 0.2) is 47.5 Å². The fraction of sp³-hybridized carbons (Fsp3) is 0.400. The van der Waals surface area contributed by atoms with Crippen LogP contribution in [0.3, 0.4) is 0 Å². The van der Waals surface area contributed by atoms with Crippen LogP contribution in [0.2, 0.25) is 0 Å². The van der Waals surface area contributed by atoms with Crippen molar-refractivity contribution in [3.05, 3.63) is 42.5 Å². The first-order chi connectivity index (χ1) is 8.92. The zero-order chi connectivity index (χ0) is 12.2. The van der Waals surface area contributed by atoms with E-state index in [0.717, 1.165) is 37.5 Å². The molecular formula is C15H17NO2. The summed E-state index contributed by atoms with van der Waals surface area (Å²) in [4.78, 5) is 4.63. The van der Waals surface area contributed by atoms with Crippen LogP contribution in [-0.2, 0) is 9.47 Å². The highest BCUT2D eigenvalue weighted by Gasteiger charge is 2.26. The lowest BCUT2D eigenvalue weighted by molar-refractivity contribution is -0.0719. The summed E-state index contributed by atoms with van der Waals surface area (Å²) in [7, 11) is 0. The van der Waals surface area contributed by atoms with Crippen molar-refractivity contribution >= 4 is 11.4 Å². The third-order valence-corrected chi connectivity index (χ3v) is 3.30. The van der Waals surface area contributed by atoms with Crippen LogP contribution in [0, 0.1) is 5.92 Å². The Balaban J connectivity index is 1.67. The van der Waals surface area contributed by atoms with E-state index in [2.05, 4.69) is 17.1 Å². The zero-order valence-corrected chi connectivity index (χ0v) is 10.3. The normalized spacial score (nSPS) is 26.9. The molecule has 0 N–H and O–H groups in total. The molecule has 1 unspecified atom stereocenters. The summed E-state index contributed by atoms with van der Waals surface area (Å²) in [5.41, 5.74) is 2.15. The molecule has 94 valence electrons. The van der Waals surface area contributed by atoms with Gasteiger partial charge in [-0.05, 0) is 31.1 Å². The van der Waals surface area contributed by atoms with Crippen LogP contribution < -0.4 is 0 Å². The van der Waals surface area contributed by atoms with Gasteiger partial charge in [0.15, 0.2) is 6.29 Å². The number of nitrogens with zero attached hydrogens (tertiary/aromatic N) is 1. The standard InChI is InChI=1S/C15H17NO2/c1-2-4-13(5-3-1)16-14-8-6-12(7-9-14)15-17-10-11-18-15/h1-6,8,12,15H,7,9-11H2. The van der Waals surface area contributed by atoms with Crippen molar-refractivity contribution in [3.63, 3.8) is 0 Å². The molecular weight excluding hydrogens is 226 g/mol. The topological polar surface area (TPSA) is 30.8 Å². The summed E-state index contributed by atoms with van der Waals surface area (Å²) in [6, 6.07) is 10.1. The third-order valence-electron chi connectivity index (χ3n) is 3.30. The van der Waals surface area contributed by atoms with E-state index in [1.165, 1.54) is 0 Å². The average molecular weight is 243 g/mol. The first-order valence-corrected chi connectivity index (χ1v) is 6.46. The van der Waals surface area contributed by atoms with Gasteiger partial charge in [-0.25, -0.2) is 0 Å². The number of rotatable bonds is 2. The molecule has 1 aliphatic carbocycles. The summed E-state index contributed by atoms with van der Waals surface area (Å²) >= 11 is 0. The van der Waals surface area contributed by atoms with E-state index in [1.807, 2.05) is 30.3 Å². The number of ether oxygens (including phenoxy) is 2. The lowest BCUT2D eigenvalue weighted by Crippen LogP contribution is -2.23. The van der Waals surface area contributed by atoms with Crippen molar-refractivity contribution in [1.82, 2.24) is 0 Å². The van der Waals surface area contributed by atoms with E-state index < -0.39 is 0 Å². The summed E-state index contributed by atoms with van der Waals surface area (Å²) < 4.78 is 11.1. The maximum Gasteiger partial charge on any atom is 0.164 e. The van der Waals surface area contributed by atoms with Crippen molar-refractivity contribution in [1.29, 1.82) is 0 Å². The molecule has 0 aromatic heterocycles. The van der Waals surface area contributed by atoms with Crippen LogP contribution in [0.1, 0.15) is 12.8 Å². The number of para-hydroxylation sites is 1. The highest BCUT2D eigenvalue weighted by atomic mass is 16.7. The van der Waals surface area contributed by atoms with E-state index in [1.54, 1.807) is 0 Å². The van der Waals surface area contributed by atoms with E-state index in [0.29, 0.717) is 5.92 Å². The molecule has 3 nitrogen and oxygen atoms in total. The van der Waals surface area contributed by atoms with Gasteiger partial charge in [0.05, 0.1) is 18.9 Å². The lowest BCUT2D eigenvalue weighted by Gasteiger charge is -2.22. The number of hydrogen-bond acceptors (Lipinski definition) is 3. The maximum absolute atomic E-state index is 5.53. The third kappa shape index (κ3) is 2.68. The van der Waals surface area contributed by atoms with E-state index in [9.17, 15) is 0 Å². The van der Waals surface area contributed by atoms with Crippen molar-refractivity contribution < 1.29 is 9.47 Å². The van der Waals surface area contributed by atoms with Gasteiger partial charge in [-0.3, -0.25) is 4.99 Å². The highest BCUT2D eigenvalue weighted by Crippen LogP contribution is 2.25. The predicted octanol–water partition coefficient (Wildman–Crippen LogP) is 3.10. The van der Waals surface area contributed by atoms with Gasteiger partial charge < -0.3 is 9.47 Å². The molecule has 0 amide bonds. The Hall–Kier alpha value is -1.45. The second kappa shape index (κ2) is 5.46. The SMILES string of the molecule is C1=CC(C2OCCO2)CCC1=Nc1ccccc1. The minimum atomic E-state index is -0.0421. The molecule has 0 bridgehead atoms. The van der Waals surface area contributed by atoms with E-state index >= 15 is 0 Å². The fourth-order valence-electron chi connectivity index (χ4n) is 2.34. The van der Waals surface area contributed by atoms with E-state index in [-0.39, 0.29) is 6.29 Å². The van der Waals surface area contributed by atoms with Gasteiger partial charge in [0.1, 0.15) is 0 Å². The van der Waals surface area contributed by atoms with Crippen molar-refractivity contribution in [2.75, 3.05) is 13.2 Å². The quantitative estimate of drug-likeness (QED) is 0.799. The van der Waals surface area contributed by atoms with Gasteiger partial charge in [0.2, 0.25) is 0 Å². The molecule has 1 aromatic rings. The summed E-state index contributed by atoms with van der Waals surface area (Å²) in [5.74, 6) is 0.377. The minimum absolute atomic E-state index is 0.0421. The summed E-state index contributed by atoms with van der Waals surface area (Å²) in [5, 5.41) is 0. The molecule has 1 fully saturated rings. The van der Waals surface area contributed by atoms with Crippen LogP contribution in [0.4, 0.5) is 5.69 Å². The van der Waals surface area contributed by atoms with Crippen molar-refractivity contribution in [3.8, 4) is 0 Å². The second-order valence-corrected chi connectivity index (χ2v) is 4.61. The van der Waals surface area contributed by atoms with Gasteiger partial charge in [-0.15, -0.1) is 0 Å². The molecule has 1 aromatic carbocycles. The Labute approximate surface area is 107 Å². The molecule has 3 heteroatoms. The highest BCUT2D eigenvalue weighted by molar-refractivity contribution is 5.97. The summed E-state index contributed by atoms with van der Waals surface area (Å²) in [6.07, 6.45) is 6.26. The first-order valence-electron chi connectivity index (χ1n) is 6.46. The molecule has 0 saturated carbocycles. The number of aliphatic imine (C=N–C) groups is 1. The Kier molecular flexibility index (Phi) is 3.53. The molecule has 3 rings (SSSR count). The van der Waals surface area contributed by atoms with Gasteiger partial charge in [-0.2, -0.15) is 0 Å². The minimum Gasteiger partial charge on any atom is -0.350 e. The molecule has 0 radical (unpaired) electrons. The van der Waals surface area contributed by atoms with Crippen LogP contribution >= 0.6 is 0 Å². The average Bonchev–Trinajstić information content (AvgIpc) is 2.95. The Morgan fingerprint density at radius 1 is 1.06 bits per heavy atom. The zero-order valence-electron chi connectivity index (χ0n) is 10.3. The lowest BCUT2D eigenvalue weighted by atomic mass is 9.94. The van der Waals surface area contributed by atoms with Crippen molar-refractivity contribution in [2.45, 2.75) is 19.1 Å². The molecule has 1 heterocycles. The molecule has 18 heavy (non-hydrogen) atoms. The molecule has 1 aliphatic heterocycles. The van der Waals surface area contributed by atoms with Crippen LogP contribution in [0.25, 0.3) is 0 Å². The Bertz CT molecular complexity index is 447. The predicted molar refractivity (Wildman–Crippen MR) is 71.1 cm³/mol. The second-order valence-electron chi connectivity index (χ2n) is 4.61. The smallest absolute Gasteiger partial charge is 0.164 e. The molecule has 2 aliphatic rings. The van der Waals surface area contributed by atoms with Crippen LogP contribution in [-0.4, -0.2) is 25.2 Å². The van der Waals surface area contributed by atoms with Gasteiger partial charge >= 0.3 is 0 Å². The van der Waals surface area contributed by atoms with Crippen molar-refractivity contribution in [2.24, 2.45) is 10.9 Å². The molecule has 1 atom stereocenters. The first kappa shape index (κ1) is 11.6. The Morgan fingerprint density at radius 3 is 2.50 bits per heavy atom. The van der Waals surface area contributed by atoms with Gasteiger partial charge in [0.25, 0.3) is 0 Å². The number of benzene rings is 1. The summed E-state index contributed by atoms with van der Waals surface area (Å²) in [6.45, 7) is 1.44.